The van der Waals surface area contributed by atoms with Crippen LogP contribution in [0.25, 0.3) is 10.9 Å². The van der Waals surface area contributed by atoms with Gasteiger partial charge in [0.25, 0.3) is 0 Å². The van der Waals surface area contributed by atoms with Gasteiger partial charge in [0.15, 0.2) is 0 Å². The van der Waals surface area contributed by atoms with Crippen LogP contribution in [0, 0.1) is 0 Å². The van der Waals surface area contributed by atoms with Gasteiger partial charge < -0.3 is 11.1 Å². The Morgan fingerprint density at radius 2 is 1.95 bits per heavy atom. The van der Waals surface area contributed by atoms with E-state index in [9.17, 15) is 0 Å². The number of hydrogen-bond donors (Lipinski definition) is 2. The van der Waals surface area contributed by atoms with Crippen molar-refractivity contribution in [1.82, 2.24) is 9.97 Å². The largest absolute Gasteiger partial charge is 0.399 e. The van der Waals surface area contributed by atoms with Crippen LogP contribution < -0.4 is 11.1 Å². The van der Waals surface area contributed by atoms with Gasteiger partial charge in [0.1, 0.15) is 12.1 Å². The molecule has 0 aliphatic rings. The molecule has 1 heterocycles. The third kappa shape index (κ3) is 2.76. The van der Waals surface area contributed by atoms with Gasteiger partial charge in [0.2, 0.25) is 0 Å². The monoisotopic (exact) mass is 298 g/mol. The standard InChI is InChI=1S/C16H15ClN4/c1-10(12-4-2-3-5-14(12)17)21-16-13-7-6-11(18)8-15(13)19-9-20-16/h2-10H,18H2,1H3,(H,19,20,21). The Hall–Kier alpha value is -2.33. The Labute approximate surface area is 128 Å². The van der Waals surface area contributed by atoms with E-state index in [1.807, 2.05) is 49.4 Å². The van der Waals surface area contributed by atoms with Crippen molar-refractivity contribution in [3.05, 3.63) is 59.4 Å². The van der Waals surface area contributed by atoms with Crippen molar-refractivity contribution in [3.63, 3.8) is 0 Å². The predicted octanol–water partition coefficient (Wildman–Crippen LogP) is 4.04. The fraction of sp³-hybridized carbons (Fsp3) is 0.125. The summed E-state index contributed by atoms with van der Waals surface area (Å²) in [4.78, 5) is 8.57. The molecule has 0 amide bonds. The molecule has 0 aliphatic carbocycles. The zero-order chi connectivity index (χ0) is 14.8. The highest BCUT2D eigenvalue weighted by atomic mass is 35.5. The van der Waals surface area contributed by atoms with Gasteiger partial charge in [0.05, 0.1) is 11.6 Å². The summed E-state index contributed by atoms with van der Waals surface area (Å²) < 4.78 is 0. The van der Waals surface area contributed by atoms with E-state index >= 15 is 0 Å². The molecule has 4 nitrogen and oxygen atoms in total. The summed E-state index contributed by atoms with van der Waals surface area (Å²) in [6, 6.07) is 13.4. The maximum absolute atomic E-state index is 6.24. The Bertz CT molecular complexity index is 788. The number of anilines is 2. The van der Waals surface area contributed by atoms with Crippen molar-refractivity contribution in [3.8, 4) is 0 Å². The molecule has 0 saturated carbocycles. The molecule has 0 fully saturated rings. The number of nitrogens with zero attached hydrogens (tertiary/aromatic N) is 2. The van der Waals surface area contributed by atoms with Crippen LogP contribution in [0.1, 0.15) is 18.5 Å². The van der Waals surface area contributed by atoms with E-state index in [0.29, 0.717) is 5.69 Å². The van der Waals surface area contributed by atoms with E-state index in [4.69, 9.17) is 17.3 Å². The van der Waals surface area contributed by atoms with E-state index < -0.39 is 0 Å². The molecule has 5 heteroatoms. The van der Waals surface area contributed by atoms with E-state index in [0.717, 1.165) is 27.3 Å². The van der Waals surface area contributed by atoms with Crippen molar-refractivity contribution < 1.29 is 0 Å². The highest BCUT2D eigenvalue weighted by Gasteiger charge is 2.11. The fourth-order valence-corrected chi connectivity index (χ4v) is 2.60. The molecule has 3 aromatic rings. The van der Waals surface area contributed by atoms with Crippen LogP contribution in [0.5, 0.6) is 0 Å². The van der Waals surface area contributed by atoms with Crippen molar-refractivity contribution in [2.45, 2.75) is 13.0 Å². The predicted molar refractivity (Wildman–Crippen MR) is 87.4 cm³/mol. The highest BCUT2D eigenvalue weighted by Crippen LogP contribution is 2.28. The first-order valence-electron chi connectivity index (χ1n) is 6.66. The van der Waals surface area contributed by atoms with E-state index in [1.165, 1.54) is 6.33 Å². The average Bonchev–Trinajstić information content (AvgIpc) is 2.47. The first-order valence-corrected chi connectivity index (χ1v) is 7.04. The van der Waals surface area contributed by atoms with E-state index in [1.54, 1.807) is 0 Å². The summed E-state index contributed by atoms with van der Waals surface area (Å²) in [5.41, 5.74) is 8.32. The minimum absolute atomic E-state index is 0.0364. The summed E-state index contributed by atoms with van der Waals surface area (Å²) in [6.45, 7) is 2.05. The second-order valence-electron chi connectivity index (χ2n) is 4.89. The number of aromatic nitrogens is 2. The summed E-state index contributed by atoms with van der Waals surface area (Å²) in [5.74, 6) is 0.771. The lowest BCUT2D eigenvalue weighted by Crippen LogP contribution is -2.09. The molecule has 3 N–H and O–H groups in total. The minimum atomic E-state index is 0.0364. The van der Waals surface area contributed by atoms with Gasteiger partial charge in [-0.05, 0) is 36.8 Å². The van der Waals surface area contributed by atoms with Gasteiger partial charge >= 0.3 is 0 Å². The number of benzene rings is 2. The number of nitrogens with two attached hydrogens (primary N) is 1. The Morgan fingerprint density at radius 1 is 1.14 bits per heavy atom. The zero-order valence-corrected chi connectivity index (χ0v) is 12.3. The summed E-state index contributed by atoms with van der Waals surface area (Å²) >= 11 is 6.24. The summed E-state index contributed by atoms with van der Waals surface area (Å²) in [5, 5.41) is 5.06. The molecule has 1 unspecified atom stereocenters. The molecular weight excluding hydrogens is 284 g/mol. The van der Waals surface area contributed by atoms with Gasteiger partial charge in [-0.3, -0.25) is 0 Å². The molecule has 0 bridgehead atoms. The molecule has 0 aliphatic heterocycles. The SMILES string of the molecule is CC(Nc1ncnc2cc(N)ccc12)c1ccccc1Cl. The van der Waals surface area contributed by atoms with Crippen molar-refractivity contribution in [2.75, 3.05) is 11.1 Å². The summed E-state index contributed by atoms with van der Waals surface area (Å²) in [6.07, 6.45) is 1.53. The van der Waals surface area contributed by atoms with Crippen LogP contribution in [0.2, 0.25) is 5.02 Å². The number of halogens is 1. The second kappa shape index (κ2) is 5.58. The Balaban J connectivity index is 1.97. The van der Waals surface area contributed by atoms with E-state index in [-0.39, 0.29) is 6.04 Å². The fourth-order valence-electron chi connectivity index (χ4n) is 2.30. The maximum Gasteiger partial charge on any atom is 0.137 e. The van der Waals surface area contributed by atoms with Crippen molar-refractivity contribution >= 4 is 34.0 Å². The number of nitrogen functional groups attached to an aromatic ring is 1. The number of fused-ring (bicyclic) bond motifs is 1. The lowest BCUT2D eigenvalue weighted by Gasteiger charge is -2.17. The van der Waals surface area contributed by atoms with Crippen molar-refractivity contribution in [1.29, 1.82) is 0 Å². The molecule has 0 spiro atoms. The first kappa shape index (κ1) is 13.6. The van der Waals surface area contributed by atoms with Gasteiger partial charge in [0, 0.05) is 16.1 Å². The number of nitrogens with one attached hydrogen (secondary N) is 1. The quantitative estimate of drug-likeness (QED) is 0.716. The smallest absolute Gasteiger partial charge is 0.137 e. The van der Waals surface area contributed by atoms with Crippen LogP contribution in [0.15, 0.2) is 48.8 Å². The van der Waals surface area contributed by atoms with Crippen molar-refractivity contribution in [2.24, 2.45) is 0 Å². The average molecular weight is 299 g/mol. The summed E-state index contributed by atoms with van der Waals surface area (Å²) in [7, 11) is 0. The third-order valence-corrected chi connectivity index (χ3v) is 3.73. The van der Waals surface area contributed by atoms with Crippen LogP contribution in [0.4, 0.5) is 11.5 Å². The van der Waals surface area contributed by atoms with Crippen LogP contribution in [-0.4, -0.2) is 9.97 Å². The van der Waals surface area contributed by atoms with Gasteiger partial charge in [-0.2, -0.15) is 0 Å². The van der Waals surface area contributed by atoms with Gasteiger partial charge in [-0.25, -0.2) is 9.97 Å². The molecule has 3 rings (SSSR count). The van der Waals surface area contributed by atoms with Gasteiger partial charge in [-0.1, -0.05) is 29.8 Å². The molecule has 1 atom stereocenters. The Kier molecular flexibility index (Phi) is 3.62. The topological polar surface area (TPSA) is 63.8 Å². The second-order valence-corrected chi connectivity index (χ2v) is 5.29. The van der Waals surface area contributed by atoms with Crippen LogP contribution in [0.3, 0.4) is 0 Å². The number of rotatable bonds is 3. The van der Waals surface area contributed by atoms with Gasteiger partial charge in [-0.15, -0.1) is 0 Å². The van der Waals surface area contributed by atoms with Crippen LogP contribution in [-0.2, 0) is 0 Å². The third-order valence-electron chi connectivity index (χ3n) is 3.39. The molecular formula is C16H15ClN4. The molecule has 1 aromatic heterocycles. The lowest BCUT2D eigenvalue weighted by atomic mass is 10.1. The molecule has 2 aromatic carbocycles. The minimum Gasteiger partial charge on any atom is -0.399 e. The molecule has 0 radical (unpaired) electrons. The van der Waals surface area contributed by atoms with Crippen LogP contribution >= 0.6 is 11.6 Å². The van der Waals surface area contributed by atoms with E-state index in [2.05, 4.69) is 15.3 Å². The zero-order valence-electron chi connectivity index (χ0n) is 11.5. The highest BCUT2D eigenvalue weighted by molar-refractivity contribution is 6.31. The first-order chi connectivity index (χ1) is 10.1. The normalized spacial score (nSPS) is 12.3. The molecule has 0 saturated heterocycles. The molecule has 21 heavy (non-hydrogen) atoms. The Morgan fingerprint density at radius 3 is 2.76 bits per heavy atom. The maximum atomic E-state index is 6.24. The lowest BCUT2D eigenvalue weighted by molar-refractivity contribution is 0.876. The molecule has 106 valence electrons. The number of hydrogen-bond acceptors (Lipinski definition) is 4.